The third-order valence-electron chi connectivity index (χ3n) is 4.37. The molecule has 1 rings (SSSR count). The number of hydrogen-bond donors (Lipinski definition) is 6. The van der Waals surface area contributed by atoms with Crippen molar-refractivity contribution in [2.75, 3.05) is 13.2 Å². The number of nitrogens with two attached hydrogens (primary N) is 1. The first-order valence-electron chi connectivity index (χ1n) is 8.80. The fourth-order valence-corrected chi connectivity index (χ4v) is 2.75. The summed E-state index contributed by atoms with van der Waals surface area (Å²) in [6.07, 6.45) is 0.335. The van der Waals surface area contributed by atoms with Crippen LogP contribution in [0.15, 0.2) is 0 Å². The summed E-state index contributed by atoms with van der Waals surface area (Å²) in [7, 11) is 0. The van der Waals surface area contributed by atoms with Gasteiger partial charge in [0.1, 0.15) is 18.1 Å². The van der Waals surface area contributed by atoms with Crippen LogP contribution in [-0.2, 0) is 24.0 Å². The largest absolute Gasteiger partial charge is 0.481 e. The van der Waals surface area contributed by atoms with Crippen LogP contribution in [0, 0.1) is 0 Å². The van der Waals surface area contributed by atoms with Crippen molar-refractivity contribution >= 4 is 29.7 Å². The lowest BCUT2D eigenvalue weighted by Crippen LogP contribution is -2.57. The number of amides is 3. The number of aliphatic hydroxyl groups is 1. The summed E-state index contributed by atoms with van der Waals surface area (Å²) in [5.41, 5.74) is 5.58. The van der Waals surface area contributed by atoms with Crippen molar-refractivity contribution < 1.29 is 39.3 Å². The van der Waals surface area contributed by atoms with Crippen molar-refractivity contribution in [2.45, 2.75) is 56.8 Å². The van der Waals surface area contributed by atoms with Crippen LogP contribution >= 0.6 is 0 Å². The van der Waals surface area contributed by atoms with E-state index in [-0.39, 0.29) is 19.4 Å². The molecule has 7 N–H and O–H groups in total. The van der Waals surface area contributed by atoms with Crippen molar-refractivity contribution in [2.24, 2.45) is 5.73 Å². The van der Waals surface area contributed by atoms with Gasteiger partial charge in [0.2, 0.25) is 17.7 Å². The van der Waals surface area contributed by atoms with Crippen LogP contribution in [0.2, 0.25) is 0 Å². The Bertz CT molecular complexity index is 626. The summed E-state index contributed by atoms with van der Waals surface area (Å²) in [6.45, 7) is 0.749. The molecule has 1 saturated heterocycles. The third-order valence-corrected chi connectivity index (χ3v) is 4.37. The number of likely N-dealkylation sites (tertiary alicyclic amines) is 1. The standard InChI is InChI=1S/C16H26N4O8/c1-8(16(27)28)18-14(25)11-3-2-6-20(11)15(26)10(7-21)19-13(24)9(17)4-5-12(22)23/h8-11,21H,2-7,17H2,1H3,(H,18,25)(H,19,24)(H,22,23)(H,27,28). The molecular formula is C16H26N4O8. The highest BCUT2D eigenvalue weighted by atomic mass is 16.4. The zero-order chi connectivity index (χ0) is 21.4. The third kappa shape index (κ3) is 6.46. The van der Waals surface area contributed by atoms with Gasteiger partial charge in [0.05, 0.1) is 12.6 Å². The van der Waals surface area contributed by atoms with Crippen LogP contribution in [0.1, 0.15) is 32.6 Å². The lowest BCUT2D eigenvalue weighted by molar-refractivity contribution is -0.145. The molecule has 158 valence electrons. The number of aliphatic hydroxyl groups excluding tert-OH is 1. The summed E-state index contributed by atoms with van der Waals surface area (Å²) < 4.78 is 0. The zero-order valence-electron chi connectivity index (χ0n) is 15.5. The fraction of sp³-hybridized carbons (Fsp3) is 0.688. The Balaban J connectivity index is 2.74. The highest BCUT2D eigenvalue weighted by Gasteiger charge is 2.38. The van der Waals surface area contributed by atoms with Crippen molar-refractivity contribution in [3.8, 4) is 0 Å². The molecule has 1 fully saturated rings. The molecule has 1 aliphatic rings. The topological polar surface area (TPSA) is 199 Å². The number of carbonyl (C=O) groups is 5. The van der Waals surface area contributed by atoms with Crippen LogP contribution in [0.5, 0.6) is 0 Å². The van der Waals surface area contributed by atoms with Gasteiger partial charge in [-0.05, 0) is 26.2 Å². The van der Waals surface area contributed by atoms with Crippen LogP contribution < -0.4 is 16.4 Å². The number of carbonyl (C=O) groups excluding carboxylic acids is 3. The predicted octanol–water partition coefficient (Wildman–Crippen LogP) is -2.76. The number of nitrogens with one attached hydrogen (secondary N) is 2. The SMILES string of the molecule is CC(NC(=O)C1CCCN1C(=O)C(CO)NC(=O)C(N)CCC(=O)O)C(=O)O. The van der Waals surface area contributed by atoms with Gasteiger partial charge in [0.25, 0.3) is 0 Å². The predicted molar refractivity (Wildman–Crippen MR) is 93.8 cm³/mol. The molecule has 0 spiro atoms. The van der Waals surface area contributed by atoms with Gasteiger partial charge in [-0.3, -0.25) is 24.0 Å². The average Bonchev–Trinajstić information content (AvgIpc) is 3.12. The number of carboxylic acid groups (broad SMARTS) is 2. The molecule has 3 amide bonds. The molecule has 12 heteroatoms. The Morgan fingerprint density at radius 2 is 1.82 bits per heavy atom. The van der Waals surface area contributed by atoms with Crippen LogP contribution in [0.4, 0.5) is 0 Å². The number of carboxylic acids is 2. The Hall–Kier alpha value is -2.73. The second-order valence-corrected chi connectivity index (χ2v) is 6.54. The van der Waals surface area contributed by atoms with E-state index in [9.17, 15) is 29.1 Å². The van der Waals surface area contributed by atoms with Crippen LogP contribution in [-0.4, -0.2) is 87.2 Å². The minimum Gasteiger partial charge on any atom is -0.481 e. The molecule has 1 heterocycles. The van der Waals surface area contributed by atoms with Crippen molar-refractivity contribution in [3.05, 3.63) is 0 Å². The zero-order valence-corrected chi connectivity index (χ0v) is 15.5. The highest BCUT2D eigenvalue weighted by Crippen LogP contribution is 2.19. The first kappa shape index (κ1) is 23.3. The Morgan fingerprint density at radius 3 is 2.36 bits per heavy atom. The number of aliphatic carboxylic acids is 2. The molecule has 0 radical (unpaired) electrons. The smallest absolute Gasteiger partial charge is 0.325 e. The second kappa shape index (κ2) is 10.6. The van der Waals surface area contributed by atoms with E-state index < -0.39 is 60.4 Å². The van der Waals surface area contributed by atoms with Crippen molar-refractivity contribution in [3.63, 3.8) is 0 Å². The van der Waals surface area contributed by atoms with E-state index in [1.165, 1.54) is 11.8 Å². The summed E-state index contributed by atoms with van der Waals surface area (Å²) in [5, 5.41) is 31.5. The molecule has 1 aliphatic heterocycles. The van der Waals surface area contributed by atoms with E-state index in [2.05, 4.69) is 10.6 Å². The maximum atomic E-state index is 12.7. The van der Waals surface area contributed by atoms with E-state index in [1.54, 1.807) is 0 Å². The first-order chi connectivity index (χ1) is 13.1. The van der Waals surface area contributed by atoms with Crippen LogP contribution in [0.3, 0.4) is 0 Å². The second-order valence-electron chi connectivity index (χ2n) is 6.54. The minimum atomic E-state index is -1.35. The number of nitrogens with zero attached hydrogens (tertiary/aromatic N) is 1. The summed E-state index contributed by atoms with van der Waals surface area (Å²) in [4.78, 5) is 59.5. The minimum absolute atomic E-state index is 0.144. The molecule has 0 saturated carbocycles. The summed E-state index contributed by atoms with van der Waals surface area (Å²) >= 11 is 0. The highest BCUT2D eigenvalue weighted by molar-refractivity contribution is 5.94. The monoisotopic (exact) mass is 402 g/mol. The molecule has 4 atom stereocenters. The van der Waals surface area contributed by atoms with Crippen LogP contribution in [0.25, 0.3) is 0 Å². The van der Waals surface area contributed by atoms with E-state index in [0.717, 1.165) is 0 Å². The molecular weight excluding hydrogens is 376 g/mol. The van der Waals surface area contributed by atoms with Gasteiger partial charge in [-0.2, -0.15) is 0 Å². The van der Waals surface area contributed by atoms with E-state index in [0.29, 0.717) is 12.8 Å². The summed E-state index contributed by atoms with van der Waals surface area (Å²) in [6, 6.07) is -4.58. The van der Waals surface area contributed by atoms with Gasteiger partial charge < -0.3 is 36.6 Å². The maximum absolute atomic E-state index is 12.7. The molecule has 12 nitrogen and oxygen atoms in total. The first-order valence-corrected chi connectivity index (χ1v) is 8.80. The molecule has 0 aromatic carbocycles. The van der Waals surface area contributed by atoms with E-state index in [4.69, 9.17) is 15.9 Å². The van der Waals surface area contributed by atoms with Gasteiger partial charge in [-0.15, -0.1) is 0 Å². The van der Waals surface area contributed by atoms with Crippen molar-refractivity contribution in [1.82, 2.24) is 15.5 Å². The Morgan fingerprint density at radius 1 is 1.18 bits per heavy atom. The molecule has 0 aromatic heterocycles. The normalized spacial score (nSPS) is 19.4. The van der Waals surface area contributed by atoms with E-state index >= 15 is 0 Å². The molecule has 0 bridgehead atoms. The average molecular weight is 402 g/mol. The number of rotatable bonds is 10. The summed E-state index contributed by atoms with van der Waals surface area (Å²) in [5.74, 6) is -4.49. The van der Waals surface area contributed by atoms with Gasteiger partial charge in [0.15, 0.2) is 0 Å². The number of hydrogen-bond acceptors (Lipinski definition) is 7. The maximum Gasteiger partial charge on any atom is 0.325 e. The molecule has 4 unspecified atom stereocenters. The molecule has 0 aromatic rings. The Labute approximate surface area is 161 Å². The van der Waals surface area contributed by atoms with Crippen molar-refractivity contribution in [1.29, 1.82) is 0 Å². The lowest BCUT2D eigenvalue weighted by atomic mass is 10.1. The van der Waals surface area contributed by atoms with Gasteiger partial charge in [0, 0.05) is 13.0 Å². The van der Waals surface area contributed by atoms with Gasteiger partial charge >= 0.3 is 11.9 Å². The van der Waals surface area contributed by atoms with Gasteiger partial charge in [-0.1, -0.05) is 0 Å². The lowest BCUT2D eigenvalue weighted by Gasteiger charge is -2.28. The molecule has 0 aliphatic carbocycles. The van der Waals surface area contributed by atoms with E-state index in [1.807, 2.05) is 0 Å². The molecule has 28 heavy (non-hydrogen) atoms. The quantitative estimate of drug-likeness (QED) is 0.224. The fourth-order valence-electron chi connectivity index (χ4n) is 2.75. The van der Waals surface area contributed by atoms with Gasteiger partial charge in [-0.25, -0.2) is 0 Å². The Kier molecular flexibility index (Phi) is 8.79.